The highest BCUT2D eigenvalue weighted by Gasteiger charge is 2.15. The molecule has 0 aliphatic carbocycles. The maximum atomic E-state index is 8.99. The molecule has 4 heteroatoms. The van der Waals surface area contributed by atoms with E-state index in [1.54, 1.807) is 4.68 Å². The number of nitriles is 1. The third-order valence-electron chi connectivity index (χ3n) is 2.12. The van der Waals surface area contributed by atoms with Gasteiger partial charge in [0.1, 0.15) is 6.04 Å². The van der Waals surface area contributed by atoms with Crippen LogP contribution in [0, 0.1) is 11.3 Å². The fourth-order valence-corrected chi connectivity index (χ4v) is 1.50. The number of nitrogens with one attached hydrogen (secondary N) is 1. The molecule has 1 atom stereocenters. The Balaban J connectivity index is 2.97. The maximum absolute atomic E-state index is 8.99. The molecular formula is C10H16N4. The van der Waals surface area contributed by atoms with Crippen LogP contribution in [0.4, 0.5) is 0 Å². The quantitative estimate of drug-likeness (QED) is 0.778. The first-order chi connectivity index (χ1) is 6.72. The number of rotatable bonds is 4. The summed E-state index contributed by atoms with van der Waals surface area (Å²) < 4.78 is 1.76. The van der Waals surface area contributed by atoms with Crippen LogP contribution in [0.5, 0.6) is 0 Å². The highest BCUT2D eigenvalue weighted by molar-refractivity contribution is 5.26. The number of hydrogen-bond acceptors (Lipinski definition) is 3. The monoisotopic (exact) mass is 192 g/mol. The smallest absolute Gasteiger partial charge is 0.124 e. The zero-order valence-electron chi connectivity index (χ0n) is 8.91. The van der Waals surface area contributed by atoms with Gasteiger partial charge in [0.2, 0.25) is 0 Å². The lowest BCUT2D eigenvalue weighted by Gasteiger charge is -2.08. The third kappa shape index (κ3) is 2.12. The van der Waals surface area contributed by atoms with Gasteiger partial charge in [-0.25, -0.2) is 0 Å². The molecule has 0 saturated carbocycles. The second-order valence-corrected chi connectivity index (χ2v) is 3.18. The molecule has 1 N–H and O–H groups in total. The van der Waals surface area contributed by atoms with Gasteiger partial charge in [0.05, 0.1) is 11.8 Å². The summed E-state index contributed by atoms with van der Waals surface area (Å²) in [6, 6.07) is 2.01. The summed E-state index contributed by atoms with van der Waals surface area (Å²) in [4.78, 5) is 0. The van der Waals surface area contributed by atoms with Gasteiger partial charge in [0.15, 0.2) is 0 Å². The maximum Gasteiger partial charge on any atom is 0.124 e. The Morgan fingerprint density at radius 1 is 1.64 bits per heavy atom. The van der Waals surface area contributed by atoms with E-state index in [9.17, 15) is 0 Å². The van der Waals surface area contributed by atoms with Crippen molar-refractivity contribution in [3.05, 3.63) is 17.5 Å². The van der Waals surface area contributed by atoms with Crippen LogP contribution in [-0.4, -0.2) is 16.3 Å². The Hall–Kier alpha value is -1.34. The molecule has 76 valence electrons. The second-order valence-electron chi connectivity index (χ2n) is 3.18. The highest BCUT2D eigenvalue weighted by Crippen LogP contribution is 2.16. The Bertz CT molecular complexity index is 334. The highest BCUT2D eigenvalue weighted by atomic mass is 15.3. The van der Waals surface area contributed by atoms with Gasteiger partial charge in [-0.15, -0.1) is 0 Å². The SMILES string of the molecule is CCNC(C#N)c1cn(C)nc1CC. The number of hydrogen-bond donors (Lipinski definition) is 1. The Morgan fingerprint density at radius 3 is 2.86 bits per heavy atom. The lowest BCUT2D eigenvalue weighted by molar-refractivity contribution is 0.652. The lowest BCUT2D eigenvalue weighted by atomic mass is 10.1. The van der Waals surface area contributed by atoms with Crippen LogP contribution in [0.3, 0.4) is 0 Å². The molecule has 14 heavy (non-hydrogen) atoms. The van der Waals surface area contributed by atoms with Crippen LogP contribution < -0.4 is 5.32 Å². The normalized spacial score (nSPS) is 12.4. The standard InChI is InChI=1S/C10H16N4/c1-4-9-8(7-14(3)13-9)10(6-11)12-5-2/h7,10,12H,4-5H2,1-3H3. The van der Waals surface area contributed by atoms with Gasteiger partial charge in [-0.05, 0) is 13.0 Å². The van der Waals surface area contributed by atoms with Gasteiger partial charge in [-0.1, -0.05) is 13.8 Å². The molecule has 1 unspecified atom stereocenters. The van der Waals surface area contributed by atoms with Crippen LogP contribution in [-0.2, 0) is 13.5 Å². The summed E-state index contributed by atoms with van der Waals surface area (Å²) in [7, 11) is 1.88. The summed E-state index contributed by atoms with van der Waals surface area (Å²) in [5, 5.41) is 16.4. The zero-order valence-corrected chi connectivity index (χ0v) is 8.91. The minimum Gasteiger partial charge on any atom is -0.298 e. The van der Waals surface area contributed by atoms with E-state index < -0.39 is 0 Å². The molecule has 0 radical (unpaired) electrons. The molecular weight excluding hydrogens is 176 g/mol. The predicted octanol–water partition coefficient (Wildman–Crippen LogP) is 1.16. The van der Waals surface area contributed by atoms with E-state index in [2.05, 4.69) is 16.5 Å². The predicted molar refractivity (Wildman–Crippen MR) is 54.6 cm³/mol. The largest absolute Gasteiger partial charge is 0.298 e. The van der Waals surface area contributed by atoms with Crippen molar-refractivity contribution < 1.29 is 0 Å². The van der Waals surface area contributed by atoms with E-state index in [4.69, 9.17) is 5.26 Å². The van der Waals surface area contributed by atoms with Crippen LogP contribution >= 0.6 is 0 Å². The number of aromatic nitrogens is 2. The molecule has 0 aromatic carbocycles. The van der Waals surface area contributed by atoms with Crippen molar-refractivity contribution in [1.29, 1.82) is 5.26 Å². The van der Waals surface area contributed by atoms with Gasteiger partial charge < -0.3 is 0 Å². The minimum atomic E-state index is -0.233. The summed E-state index contributed by atoms with van der Waals surface area (Å²) >= 11 is 0. The van der Waals surface area contributed by atoms with Crippen LogP contribution in [0.25, 0.3) is 0 Å². The van der Waals surface area contributed by atoms with Gasteiger partial charge >= 0.3 is 0 Å². The van der Waals surface area contributed by atoms with Crippen molar-refractivity contribution in [3.63, 3.8) is 0 Å². The molecule has 0 aliphatic heterocycles. The van der Waals surface area contributed by atoms with Gasteiger partial charge in [-0.3, -0.25) is 10.00 Å². The van der Waals surface area contributed by atoms with Crippen LogP contribution in [0.2, 0.25) is 0 Å². The summed E-state index contributed by atoms with van der Waals surface area (Å²) in [6.07, 6.45) is 2.77. The van der Waals surface area contributed by atoms with E-state index >= 15 is 0 Å². The lowest BCUT2D eigenvalue weighted by Crippen LogP contribution is -2.19. The van der Waals surface area contributed by atoms with Crippen molar-refractivity contribution in [1.82, 2.24) is 15.1 Å². The topological polar surface area (TPSA) is 53.6 Å². The molecule has 1 rings (SSSR count). The minimum absolute atomic E-state index is 0.233. The van der Waals surface area contributed by atoms with Gasteiger partial charge in [0.25, 0.3) is 0 Å². The van der Waals surface area contributed by atoms with E-state index in [1.807, 2.05) is 27.1 Å². The van der Waals surface area contributed by atoms with E-state index in [-0.39, 0.29) is 6.04 Å². The molecule has 1 heterocycles. The third-order valence-corrected chi connectivity index (χ3v) is 2.12. The Labute approximate surface area is 84.5 Å². The van der Waals surface area contributed by atoms with E-state index in [1.165, 1.54) is 0 Å². The van der Waals surface area contributed by atoms with Gasteiger partial charge in [0, 0.05) is 18.8 Å². The molecule has 0 fully saturated rings. The first-order valence-electron chi connectivity index (χ1n) is 4.88. The Kier molecular flexibility index (Phi) is 3.66. The zero-order chi connectivity index (χ0) is 10.6. The van der Waals surface area contributed by atoms with Crippen molar-refractivity contribution in [2.24, 2.45) is 7.05 Å². The summed E-state index contributed by atoms with van der Waals surface area (Å²) in [6.45, 7) is 4.83. The van der Waals surface area contributed by atoms with Crippen LogP contribution in [0.1, 0.15) is 31.1 Å². The van der Waals surface area contributed by atoms with Crippen LogP contribution in [0.15, 0.2) is 6.20 Å². The van der Waals surface area contributed by atoms with E-state index in [0.29, 0.717) is 0 Å². The average Bonchev–Trinajstić information content (AvgIpc) is 2.55. The number of aryl methyl sites for hydroxylation is 2. The first-order valence-corrected chi connectivity index (χ1v) is 4.88. The fraction of sp³-hybridized carbons (Fsp3) is 0.600. The summed E-state index contributed by atoms with van der Waals surface area (Å²) in [5.41, 5.74) is 2.00. The Morgan fingerprint density at radius 2 is 2.36 bits per heavy atom. The second kappa shape index (κ2) is 4.77. The van der Waals surface area contributed by atoms with Crippen molar-refractivity contribution in [2.75, 3.05) is 6.54 Å². The van der Waals surface area contributed by atoms with Crippen molar-refractivity contribution in [2.45, 2.75) is 26.3 Å². The molecule has 1 aromatic heterocycles. The van der Waals surface area contributed by atoms with Crippen molar-refractivity contribution >= 4 is 0 Å². The van der Waals surface area contributed by atoms with Crippen molar-refractivity contribution in [3.8, 4) is 6.07 Å². The first kappa shape index (κ1) is 10.7. The molecule has 4 nitrogen and oxygen atoms in total. The molecule has 0 spiro atoms. The summed E-state index contributed by atoms with van der Waals surface area (Å²) in [5.74, 6) is 0. The van der Waals surface area contributed by atoms with E-state index in [0.717, 1.165) is 24.2 Å². The average molecular weight is 192 g/mol. The molecule has 0 saturated heterocycles. The molecule has 0 amide bonds. The van der Waals surface area contributed by atoms with Gasteiger partial charge in [-0.2, -0.15) is 10.4 Å². The molecule has 0 aliphatic rings. The number of nitrogens with zero attached hydrogens (tertiary/aromatic N) is 3. The molecule has 1 aromatic rings. The molecule has 0 bridgehead atoms. The fourth-order valence-electron chi connectivity index (χ4n) is 1.50.